The first kappa shape index (κ1) is 19.5. The number of rotatable bonds is 6. The van der Waals surface area contributed by atoms with Crippen molar-refractivity contribution in [3.8, 4) is 0 Å². The number of amides is 1. The molecule has 1 fully saturated rings. The van der Waals surface area contributed by atoms with Gasteiger partial charge in [-0.25, -0.2) is 5.43 Å². The minimum Gasteiger partial charge on any atom is -0.296 e. The molecule has 0 atom stereocenters. The van der Waals surface area contributed by atoms with Gasteiger partial charge in [0.05, 0.1) is 12.3 Å². The third-order valence-electron chi connectivity index (χ3n) is 4.61. The number of hydrogen-bond acceptors (Lipinski definition) is 5. The normalized spacial score (nSPS) is 16.3. The van der Waals surface area contributed by atoms with Gasteiger partial charge in [-0.3, -0.25) is 19.6 Å². The largest absolute Gasteiger partial charge is 0.296 e. The second kappa shape index (κ2) is 9.60. The highest BCUT2D eigenvalue weighted by Crippen LogP contribution is 2.17. The van der Waals surface area contributed by atoms with Gasteiger partial charge in [-0.05, 0) is 24.6 Å². The van der Waals surface area contributed by atoms with Gasteiger partial charge in [0.25, 0.3) is 5.91 Å². The first-order chi connectivity index (χ1) is 13.1. The molecule has 0 unspecified atom stereocenters. The standard InChI is InChI=1S/C20H24ClN5O/c1-16(17-6-4-8-22-13-17)23-24-20(27)15-26-11-9-25(10-12-26)14-18-5-2-3-7-19(18)21/h2-8,13H,9-12,14-15H2,1H3,(H,24,27)/b23-16+. The molecule has 2 heterocycles. The van der Waals surface area contributed by atoms with E-state index in [-0.39, 0.29) is 5.91 Å². The van der Waals surface area contributed by atoms with E-state index in [9.17, 15) is 4.79 Å². The number of pyridine rings is 1. The zero-order valence-corrected chi connectivity index (χ0v) is 16.2. The fourth-order valence-electron chi connectivity index (χ4n) is 3.00. The van der Waals surface area contributed by atoms with Crippen molar-refractivity contribution in [2.75, 3.05) is 32.7 Å². The van der Waals surface area contributed by atoms with Crippen LogP contribution >= 0.6 is 11.6 Å². The Morgan fingerprint density at radius 3 is 2.59 bits per heavy atom. The molecule has 1 aromatic carbocycles. The van der Waals surface area contributed by atoms with Gasteiger partial charge in [-0.2, -0.15) is 5.10 Å². The smallest absolute Gasteiger partial charge is 0.254 e. The molecule has 1 aliphatic rings. The molecule has 1 amide bonds. The average molecular weight is 386 g/mol. The summed E-state index contributed by atoms with van der Waals surface area (Å²) in [6, 6.07) is 11.7. The van der Waals surface area contributed by atoms with Gasteiger partial charge in [-0.1, -0.05) is 35.9 Å². The Morgan fingerprint density at radius 2 is 1.89 bits per heavy atom. The maximum atomic E-state index is 12.2. The topological polar surface area (TPSA) is 60.8 Å². The SMILES string of the molecule is C/C(=N\NC(=O)CN1CCN(Cc2ccccc2Cl)CC1)c1cccnc1. The van der Waals surface area contributed by atoms with Crippen LogP contribution in [0.5, 0.6) is 0 Å². The van der Waals surface area contributed by atoms with Crippen molar-refractivity contribution in [1.82, 2.24) is 20.2 Å². The molecular formula is C20H24ClN5O. The van der Waals surface area contributed by atoms with Crippen molar-refractivity contribution in [2.45, 2.75) is 13.5 Å². The molecule has 1 aliphatic heterocycles. The van der Waals surface area contributed by atoms with Crippen LogP contribution < -0.4 is 5.43 Å². The van der Waals surface area contributed by atoms with Crippen LogP contribution in [-0.4, -0.2) is 59.1 Å². The van der Waals surface area contributed by atoms with Gasteiger partial charge in [0.1, 0.15) is 0 Å². The molecular weight excluding hydrogens is 362 g/mol. The Hall–Kier alpha value is -2.28. The third kappa shape index (κ3) is 5.85. The van der Waals surface area contributed by atoms with Crippen molar-refractivity contribution in [3.63, 3.8) is 0 Å². The van der Waals surface area contributed by atoms with Gasteiger partial charge in [-0.15, -0.1) is 0 Å². The molecule has 1 N–H and O–H groups in total. The third-order valence-corrected chi connectivity index (χ3v) is 4.98. The first-order valence-corrected chi connectivity index (χ1v) is 9.41. The lowest BCUT2D eigenvalue weighted by Crippen LogP contribution is -2.48. The molecule has 1 aromatic heterocycles. The number of benzene rings is 1. The fourth-order valence-corrected chi connectivity index (χ4v) is 3.19. The molecule has 0 spiro atoms. The summed E-state index contributed by atoms with van der Waals surface area (Å²) in [5.74, 6) is -0.0993. The highest BCUT2D eigenvalue weighted by Gasteiger charge is 2.19. The summed E-state index contributed by atoms with van der Waals surface area (Å²) in [4.78, 5) is 20.7. The molecule has 2 aromatic rings. The van der Waals surface area contributed by atoms with Crippen molar-refractivity contribution in [3.05, 3.63) is 64.9 Å². The van der Waals surface area contributed by atoms with Crippen LogP contribution in [0.2, 0.25) is 5.02 Å². The van der Waals surface area contributed by atoms with Gasteiger partial charge in [0, 0.05) is 55.7 Å². The molecule has 27 heavy (non-hydrogen) atoms. The van der Waals surface area contributed by atoms with E-state index >= 15 is 0 Å². The van der Waals surface area contributed by atoms with Crippen molar-refractivity contribution < 1.29 is 4.79 Å². The van der Waals surface area contributed by atoms with Crippen LogP contribution in [0.4, 0.5) is 0 Å². The number of nitrogens with zero attached hydrogens (tertiary/aromatic N) is 4. The predicted molar refractivity (Wildman–Crippen MR) is 108 cm³/mol. The zero-order valence-electron chi connectivity index (χ0n) is 15.4. The number of carbonyl (C=O) groups is 1. The molecule has 3 rings (SSSR count). The number of hydrazone groups is 1. The van der Waals surface area contributed by atoms with Gasteiger partial charge in [0.2, 0.25) is 0 Å². The Kier molecular flexibility index (Phi) is 6.92. The molecule has 142 valence electrons. The highest BCUT2D eigenvalue weighted by molar-refractivity contribution is 6.31. The molecule has 0 aliphatic carbocycles. The van der Waals surface area contributed by atoms with E-state index in [1.165, 1.54) is 0 Å². The average Bonchev–Trinajstić information content (AvgIpc) is 2.70. The van der Waals surface area contributed by atoms with Crippen molar-refractivity contribution in [2.24, 2.45) is 5.10 Å². The lowest BCUT2D eigenvalue weighted by Gasteiger charge is -2.34. The molecule has 0 bridgehead atoms. The predicted octanol–water partition coefficient (Wildman–Crippen LogP) is 2.39. The van der Waals surface area contributed by atoms with Crippen molar-refractivity contribution >= 4 is 23.2 Å². The number of halogens is 1. The second-order valence-corrected chi connectivity index (χ2v) is 7.02. The summed E-state index contributed by atoms with van der Waals surface area (Å²) in [7, 11) is 0. The number of carbonyl (C=O) groups excluding carboxylic acids is 1. The summed E-state index contributed by atoms with van der Waals surface area (Å²) in [5.41, 5.74) is 5.41. The zero-order chi connectivity index (χ0) is 19.1. The van der Waals surface area contributed by atoms with E-state index in [0.717, 1.165) is 54.6 Å². The lowest BCUT2D eigenvalue weighted by atomic mass is 10.2. The van der Waals surface area contributed by atoms with E-state index in [0.29, 0.717) is 6.54 Å². The minimum absolute atomic E-state index is 0.0993. The molecule has 0 radical (unpaired) electrons. The van der Waals surface area contributed by atoms with Crippen LogP contribution in [0, 0.1) is 0 Å². The minimum atomic E-state index is -0.0993. The Balaban J connectivity index is 1.42. The summed E-state index contributed by atoms with van der Waals surface area (Å²) >= 11 is 6.24. The quantitative estimate of drug-likeness (QED) is 0.612. The lowest BCUT2D eigenvalue weighted by molar-refractivity contribution is -0.122. The van der Waals surface area contributed by atoms with Crippen LogP contribution in [0.25, 0.3) is 0 Å². The second-order valence-electron chi connectivity index (χ2n) is 6.62. The molecule has 1 saturated heterocycles. The Morgan fingerprint density at radius 1 is 1.15 bits per heavy atom. The van der Waals surface area contributed by atoms with E-state index in [4.69, 9.17) is 11.6 Å². The summed E-state index contributed by atoms with van der Waals surface area (Å²) < 4.78 is 0. The number of piperazine rings is 1. The summed E-state index contributed by atoms with van der Waals surface area (Å²) in [6.07, 6.45) is 3.43. The van der Waals surface area contributed by atoms with Crippen LogP contribution in [-0.2, 0) is 11.3 Å². The molecule has 6 nitrogen and oxygen atoms in total. The summed E-state index contributed by atoms with van der Waals surface area (Å²) in [6.45, 7) is 6.57. The Bertz CT molecular complexity index is 788. The van der Waals surface area contributed by atoms with E-state index < -0.39 is 0 Å². The van der Waals surface area contributed by atoms with Gasteiger partial charge >= 0.3 is 0 Å². The van der Waals surface area contributed by atoms with Crippen LogP contribution in [0.15, 0.2) is 53.9 Å². The number of nitrogens with one attached hydrogen (secondary N) is 1. The first-order valence-electron chi connectivity index (χ1n) is 9.03. The van der Waals surface area contributed by atoms with E-state index in [2.05, 4.69) is 31.4 Å². The maximum Gasteiger partial charge on any atom is 0.254 e. The van der Waals surface area contributed by atoms with E-state index in [1.54, 1.807) is 12.4 Å². The van der Waals surface area contributed by atoms with Crippen molar-refractivity contribution in [1.29, 1.82) is 0 Å². The van der Waals surface area contributed by atoms with Gasteiger partial charge in [0.15, 0.2) is 0 Å². The molecule has 7 heteroatoms. The number of aromatic nitrogens is 1. The summed E-state index contributed by atoms with van der Waals surface area (Å²) in [5, 5.41) is 4.97. The monoisotopic (exact) mass is 385 g/mol. The molecule has 0 saturated carbocycles. The maximum absolute atomic E-state index is 12.2. The van der Waals surface area contributed by atoms with Crippen LogP contribution in [0.3, 0.4) is 0 Å². The Labute approximate surface area is 164 Å². The number of hydrogen-bond donors (Lipinski definition) is 1. The fraction of sp³-hybridized carbons (Fsp3) is 0.350. The van der Waals surface area contributed by atoms with E-state index in [1.807, 2.05) is 37.3 Å². The van der Waals surface area contributed by atoms with Gasteiger partial charge < -0.3 is 0 Å². The van der Waals surface area contributed by atoms with Crippen LogP contribution in [0.1, 0.15) is 18.1 Å². The highest BCUT2D eigenvalue weighted by atomic mass is 35.5.